The van der Waals surface area contributed by atoms with Gasteiger partial charge in [-0.2, -0.15) is 5.10 Å². The van der Waals surface area contributed by atoms with Gasteiger partial charge in [0.15, 0.2) is 0 Å². The molecule has 2 amide bonds. The lowest BCUT2D eigenvalue weighted by Crippen LogP contribution is -2.46. The van der Waals surface area contributed by atoms with Crippen LogP contribution in [0.25, 0.3) is 10.9 Å². The number of hydrogen-bond acceptors (Lipinski definition) is 3. The quantitative estimate of drug-likeness (QED) is 0.895. The zero-order valence-corrected chi connectivity index (χ0v) is 15.3. The summed E-state index contributed by atoms with van der Waals surface area (Å²) in [5.41, 5.74) is 2.26. The van der Waals surface area contributed by atoms with Gasteiger partial charge in [0.05, 0.1) is 24.2 Å². The van der Waals surface area contributed by atoms with Gasteiger partial charge in [-0.05, 0) is 44.7 Å². The van der Waals surface area contributed by atoms with Gasteiger partial charge in [0.1, 0.15) is 0 Å². The number of aromatic nitrogens is 2. The number of benzene rings is 1. The highest BCUT2D eigenvalue weighted by Crippen LogP contribution is 2.23. The number of hydrogen-bond donors (Lipinski definition) is 1. The Hall–Kier alpha value is -2.37. The Balaban J connectivity index is 1.34. The molecule has 2 aromatic rings. The highest BCUT2D eigenvalue weighted by Gasteiger charge is 2.31. The van der Waals surface area contributed by atoms with Gasteiger partial charge in [0.25, 0.3) is 0 Å². The van der Waals surface area contributed by atoms with E-state index < -0.39 is 0 Å². The Kier molecular flexibility index (Phi) is 4.66. The van der Waals surface area contributed by atoms with Crippen molar-refractivity contribution in [1.29, 1.82) is 0 Å². The minimum absolute atomic E-state index is 0.0539. The number of amides is 2. The van der Waals surface area contributed by atoms with Crippen LogP contribution in [0.3, 0.4) is 0 Å². The Morgan fingerprint density at radius 1 is 1.27 bits per heavy atom. The maximum Gasteiger partial charge on any atom is 0.225 e. The predicted molar refractivity (Wildman–Crippen MR) is 99.6 cm³/mol. The summed E-state index contributed by atoms with van der Waals surface area (Å²) in [7, 11) is 0. The zero-order chi connectivity index (χ0) is 18.1. The number of likely N-dealkylation sites (tertiary alicyclic amines) is 1. The summed E-state index contributed by atoms with van der Waals surface area (Å²) in [6, 6.07) is 6.61. The first-order chi connectivity index (χ1) is 12.6. The summed E-state index contributed by atoms with van der Waals surface area (Å²) in [5.74, 6) is 0.185. The highest BCUT2D eigenvalue weighted by molar-refractivity contribution is 5.82. The van der Waals surface area contributed by atoms with Crippen LogP contribution in [0.5, 0.6) is 0 Å². The summed E-state index contributed by atoms with van der Waals surface area (Å²) in [6.07, 6.45) is 6.24. The second-order valence-corrected chi connectivity index (χ2v) is 7.64. The topological polar surface area (TPSA) is 67.2 Å². The second kappa shape index (κ2) is 7.09. The molecule has 1 atom stereocenters. The van der Waals surface area contributed by atoms with E-state index in [1.807, 2.05) is 15.8 Å². The summed E-state index contributed by atoms with van der Waals surface area (Å²) in [5, 5.41) is 8.59. The summed E-state index contributed by atoms with van der Waals surface area (Å²) >= 11 is 0. The molecule has 0 radical (unpaired) electrons. The summed E-state index contributed by atoms with van der Waals surface area (Å²) < 4.78 is 1.90. The Morgan fingerprint density at radius 3 is 2.92 bits per heavy atom. The van der Waals surface area contributed by atoms with E-state index in [0.29, 0.717) is 25.6 Å². The molecule has 1 aliphatic heterocycles. The molecule has 1 saturated heterocycles. The Bertz CT molecular complexity index is 824. The van der Waals surface area contributed by atoms with Crippen molar-refractivity contribution in [2.45, 2.75) is 51.6 Å². The van der Waals surface area contributed by atoms with Crippen molar-refractivity contribution >= 4 is 22.7 Å². The SMILES string of the molecule is Cc1ccc2c(cnn2CCC(=O)N2CCC[C@H](C(=O)NC3CC3)C2)c1. The number of nitrogens with zero attached hydrogens (tertiary/aromatic N) is 3. The fraction of sp³-hybridized carbons (Fsp3) is 0.550. The lowest BCUT2D eigenvalue weighted by molar-refractivity contribution is -0.136. The van der Waals surface area contributed by atoms with E-state index in [4.69, 9.17) is 0 Å². The Morgan fingerprint density at radius 2 is 2.12 bits per heavy atom. The largest absolute Gasteiger partial charge is 0.353 e. The summed E-state index contributed by atoms with van der Waals surface area (Å²) in [4.78, 5) is 26.8. The first-order valence-corrected chi connectivity index (χ1v) is 9.60. The van der Waals surface area contributed by atoms with Crippen LogP contribution in [-0.2, 0) is 16.1 Å². The average Bonchev–Trinajstić information content (AvgIpc) is 3.37. The fourth-order valence-electron chi connectivity index (χ4n) is 3.71. The highest BCUT2D eigenvalue weighted by atomic mass is 16.2. The van der Waals surface area contributed by atoms with Crippen molar-refractivity contribution in [3.05, 3.63) is 30.0 Å². The maximum atomic E-state index is 12.6. The molecule has 2 aliphatic rings. The van der Waals surface area contributed by atoms with Crippen LogP contribution in [0, 0.1) is 12.8 Å². The zero-order valence-electron chi connectivity index (χ0n) is 15.3. The summed E-state index contributed by atoms with van der Waals surface area (Å²) in [6.45, 7) is 3.94. The second-order valence-electron chi connectivity index (χ2n) is 7.64. The molecule has 0 spiro atoms. The van der Waals surface area contributed by atoms with E-state index in [1.165, 1.54) is 5.56 Å². The maximum absolute atomic E-state index is 12.6. The van der Waals surface area contributed by atoms with E-state index in [1.54, 1.807) is 0 Å². The average molecular weight is 354 g/mol. The molecule has 0 unspecified atom stereocenters. The molecule has 2 fully saturated rings. The van der Waals surface area contributed by atoms with E-state index in [9.17, 15) is 9.59 Å². The first kappa shape index (κ1) is 17.1. The van der Waals surface area contributed by atoms with Crippen molar-refractivity contribution < 1.29 is 9.59 Å². The van der Waals surface area contributed by atoms with E-state index >= 15 is 0 Å². The number of piperidine rings is 1. The van der Waals surface area contributed by atoms with E-state index in [0.717, 1.165) is 43.1 Å². The van der Waals surface area contributed by atoms with Crippen molar-refractivity contribution in [2.24, 2.45) is 5.92 Å². The first-order valence-electron chi connectivity index (χ1n) is 9.60. The molecule has 1 saturated carbocycles. The van der Waals surface area contributed by atoms with Gasteiger partial charge in [0.2, 0.25) is 11.8 Å². The van der Waals surface area contributed by atoms with Gasteiger partial charge in [-0.1, -0.05) is 11.6 Å². The number of fused-ring (bicyclic) bond motifs is 1. The van der Waals surface area contributed by atoms with Crippen LogP contribution >= 0.6 is 0 Å². The van der Waals surface area contributed by atoms with Gasteiger partial charge in [-0.3, -0.25) is 14.3 Å². The molecular weight excluding hydrogens is 328 g/mol. The minimum Gasteiger partial charge on any atom is -0.353 e. The van der Waals surface area contributed by atoms with Gasteiger partial charge in [-0.25, -0.2) is 0 Å². The molecule has 26 heavy (non-hydrogen) atoms. The third-order valence-electron chi connectivity index (χ3n) is 5.40. The number of carbonyl (C=O) groups is 2. The van der Waals surface area contributed by atoms with Crippen molar-refractivity contribution in [3.8, 4) is 0 Å². The van der Waals surface area contributed by atoms with E-state index in [-0.39, 0.29) is 17.7 Å². The Labute approximate surface area is 153 Å². The van der Waals surface area contributed by atoms with Crippen LogP contribution in [0.15, 0.2) is 24.4 Å². The lowest BCUT2D eigenvalue weighted by atomic mass is 9.97. The molecule has 6 nitrogen and oxygen atoms in total. The molecule has 138 valence electrons. The number of rotatable bonds is 5. The smallest absolute Gasteiger partial charge is 0.225 e. The van der Waals surface area contributed by atoms with Crippen LogP contribution in [0.4, 0.5) is 0 Å². The molecular formula is C20H26N4O2. The fourth-order valence-corrected chi connectivity index (χ4v) is 3.71. The van der Waals surface area contributed by atoms with Crippen molar-refractivity contribution in [1.82, 2.24) is 20.0 Å². The molecule has 1 aliphatic carbocycles. The van der Waals surface area contributed by atoms with Crippen molar-refractivity contribution in [2.75, 3.05) is 13.1 Å². The van der Waals surface area contributed by atoms with Crippen LogP contribution in [0.1, 0.15) is 37.7 Å². The predicted octanol–water partition coefficient (Wildman–Crippen LogP) is 2.25. The van der Waals surface area contributed by atoms with Gasteiger partial charge in [0, 0.05) is 30.9 Å². The van der Waals surface area contributed by atoms with Gasteiger partial charge < -0.3 is 10.2 Å². The van der Waals surface area contributed by atoms with Crippen molar-refractivity contribution in [3.63, 3.8) is 0 Å². The standard InChI is InChI=1S/C20H26N4O2/c1-14-4-7-18-16(11-14)12-21-24(18)10-8-19(25)23-9-2-3-15(13-23)20(26)22-17-5-6-17/h4,7,11-12,15,17H,2-3,5-6,8-10,13H2,1H3,(H,22,26)/t15-/m0/s1. The van der Waals surface area contributed by atoms with Gasteiger partial charge >= 0.3 is 0 Å². The minimum atomic E-state index is -0.0539. The van der Waals surface area contributed by atoms with Crippen LogP contribution in [-0.4, -0.2) is 45.6 Å². The monoisotopic (exact) mass is 354 g/mol. The molecule has 2 heterocycles. The number of aryl methyl sites for hydroxylation is 2. The lowest BCUT2D eigenvalue weighted by Gasteiger charge is -2.32. The molecule has 1 N–H and O–H groups in total. The molecule has 0 bridgehead atoms. The van der Waals surface area contributed by atoms with Gasteiger partial charge in [-0.15, -0.1) is 0 Å². The molecule has 6 heteroatoms. The van der Waals surface area contributed by atoms with Crippen LogP contribution in [0.2, 0.25) is 0 Å². The molecule has 1 aromatic heterocycles. The third-order valence-corrected chi connectivity index (χ3v) is 5.40. The number of nitrogens with one attached hydrogen (secondary N) is 1. The number of carbonyl (C=O) groups excluding carboxylic acids is 2. The molecule has 1 aromatic carbocycles. The third kappa shape index (κ3) is 3.74. The normalized spacial score (nSPS) is 20.3. The molecule has 4 rings (SSSR count). The van der Waals surface area contributed by atoms with Crippen LogP contribution < -0.4 is 5.32 Å². The van der Waals surface area contributed by atoms with E-state index in [2.05, 4.69) is 35.5 Å².